The summed E-state index contributed by atoms with van der Waals surface area (Å²) in [6.07, 6.45) is 2.27. The van der Waals surface area contributed by atoms with E-state index in [1.54, 1.807) is 0 Å². The van der Waals surface area contributed by atoms with Gasteiger partial charge in [0.05, 0.1) is 12.0 Å². The van der Waals surface area contributed by atoms with E-state index in [1.165, 1.54) is 0 Å². The normalized spacial score (nSPS) is 30.8. The molecule has 24 heavy (non-hydrogen) atoms. The molecule has 0 aromatic heterocycles. The number of benzene rings is 1. The van der Waals surface area contributed by atoms with E-state index in [9.17, 15) is 4.79 Å². The van der Waals surface area contributed by atoms with Crippen molar-refractivity contribution in [2.24, 2.45) is 16.7 Å². The lowest BCUT2D eigenvalue weighted by Gasteiger charge is -2.28. The van der Waals surface area contributed by atoms with Crippen LogP contribution in [0.3, 0.4) is 0 Å². The molecule has 2 saturated heterocycles. The van der Waals surface area contributed by atoms with Crippen LogP contribution in [0, 0.1) is 16.7 Å². The van der Waals surface area contributed by atoms with E-state index < -0.39 is 0 Å². The number of ether oxygens (including phenoxy) is 1. The van der Waals surface area contributed by atoms with Crippen LogP contribution in [0.15, 0.2) is 30.3 Å². The second-order valence-corrected chi connectivity index (χ2v) is 7.97. The number of rotatable bonds is 6. The molecule has 2 heterocycles. The molecule has 0 radical (unpaired) electrons. The molecule has 1 aliphatic carbocycles. The Morgan fingerprint density at radius 2 is 2.17 bits per heavy atom. The lowest BCUT2D eigenvalue weighted by Crippen LogP contribution is -2.49. The molecule has 2 aliphatic heterocycles. The molecule has 2 atom stereocenters. The highest BCUT2D eigenvalue weighted by Crippen LogP contribution is 2.46. The minimum atomic E-state index is -0.231. The minimum Gasteiger partial charge on any atom is -0.493 e. The average molecular weight is 329 g/mol. The molecular weight excluding hydrogens is 302 g/mol. The summed E-state index contributed by atoms with van der Waals surface area (Å²) in [6, 6.07) is 9.93. The second kappa shape index (κ2) is 6.05. The van der Waals surface area contributed by atoms with E-state index in [4.69, 9.17) is 4.74 Å². The highest BCUT2D eigenvalue weighted by atomic mass is 16.5. The molecule has 1 amide bonds. The average Bonchev–Trinajstić information content (AvgIpc) is 3.14. The number of carbonyl (C=O) groups is 1. The van der Waals surface area contributed by atoms with Crippen LogP contribution in [-0.4, -0.2) is 57.2 Å². The Morgan fingerprint density at radius 3 is 2.92 bits per heavy atom. The van der Waals surface area contributed by atoms with Crippen LogP contribution in [0.5, 0.6) is 5.75 Å². The third-order valence-corrected chi connectivity index (χ3v) is 6.02. The third-order valence-electron chi connectivity index (χ3n) is 6.02. The van der Waals surface area contributed by atoms with E-state index in [0.29, 0.717) is 12.5 Å². The Morgan fingerprint density at radius 1 is 1.38 bits per heavy atom. The van der Waals surface area contributed by atoms with Crippen molar-refractivity contribution < 1.29 is 9.53 Å². The van der Waals surface area contributed by atoms with Crippen molar-refractivity contribution in [3.05, 3.63) is 30.3 Å². The van der Waals surface area contributed by atoms with E-state index in [1.807, 2.05) is 30.3 Å². The van der Waals surface area contributed by atoms with Crippen molar-refractivity contribution in [1.29, 1.82) is 0 Å². The Balaban J connectivity index is 1.32. The van der Waals surface area contributed by atoms with Crippen LogP contribution in [0.1, 0.15) is 12.8 Å². The van der Waals surface area contributed by atoms with Gasteiger partial charge < -0.3 is 20.3 Å². The van der Waals surface area contributed by atoms with Crippen LogP contribution >= 0.6 is 0 Å². The van der Waals surface area contributed by atoms with Crippen molar-refractivity contribution in [3.63, 3.8) is 0 Å². The van der Waals surface area contributed by atoms with Gasteiger partial charge in [-0.1, -0.05) is 18.2 Å². The van der Waals surface area contributed by atoms with Gasteiger partial charge in [-0.2, -0.15) is 0 Å². The minimum absolute atomic E-state index is 0.133. The molecule has 3 aliphatic rings. The van der Waals surface area contributed by atoms with Crippen molar-refractivity contribution in [3.8, 4) is 5.75 Å². The van der Waals surface area contributed by atoms with Gasteiger partial charge in [-0.25, -0.2) is 0 Å². The lowest BCUT2D eigenvalue weighted by atomic mass is 9.80. The van der Waals surface area contributed by atoms with Gasteiger partial charge in [-0.15, -0.1) is 0 Å². The molecule has 4 rings (SSSR count). The van der Waals surface area contributed by atoms with Crippen LogP contribution in [-0.2, 0) is 4.79 Å². The summed E-state index contributed by atoms with van der Waals surface area (Å²) in [6.45, 7) is 5.07. The maximum Gasteiger partial charge on any atom is 0.229 e. The molecule has 130 valence electrons. The number of nitrogens with zero attached hydrogens (tertiary/aromatic N) is 1. The molecule has 0 bridgehead atoms. The van der Waals surface area contributed by atoms with Crippen molar-refractivity contribution in [1.82, 2.24) is 15.5 Å². The van der Waals surface area contributed by atoms with Crippen molar-refractivity contribution >= 4 is 5.91 Å². The summed E-state index contributed by atoms with van der Waals surface area (Å²) in [4.78, 5) is 15.2. The molecule has 5 nitrogen and oxygen atoms in total. The fourth-order valence-corrected chi connectivity index (χ4v) is 4.24. The number of amides is 1. The maximum atomic E-state index is 12.9. The van der Waals surface area contributed by atoms with E-state index in [2.05, 4.69) is 22.6 Å². The SMILES string of the molecule is CN1C[C@@H]2CNC[C@]2(C(=O)NCC2(COc3ccccc3)CC2)C1. The maximum absolute atomic E-state index is 12.9. The fraction of sp³-hybridized carbons (Fsp3) is 0.632. The number of hydrogen-bond donors (Lipinski definition) is 2. The van der Waals surface area contributed by atoms with Crippen molar-refractivity contribution in [2.45, 2.75) is 12.8 Å². The first kappa shape index (κ1) is 15.9. The van der Waals surface area contributed by atoms with Crippen molar-refractivity contribution in [2.75, 3.05) is 46.4 Å². The predicted molar refractivity (Wildman–Crippen MR) is 92.9 cm³/mol. The lowest BCUT2D eigenvalue weighted by molar-refractivity contribution is -0.131. The van der Waals surface area contributed by atoms with Gasteiger partial charge in [0.1, 0.15) is 5.75 Å². The third kappa shape index (κ3) is 2.91. The van der Waals surface area contributed by atoms with Gasteiger partial charge >= 0.3 is 0 Å². The van der Waals surface area contributed by atoms with Crippen LogP contribution in [0.2, 0.25) is 0 Å². The van der Waals surface area contributed by atoms with Gasteiger partial charge in [0.2, 0.25) is 5.91 Å². The number of fused-ring (bicyclic) bond motifs is 1. The molecule has 0 unspecified atom stereocenters. The first-order valence-corrected chi connectivity index (χ1v) is 8.97. The quantitative estimate of drug-likeness (QED) is 0.821. The molecule has 1 saturated carbocycles. The van der Waals surface area contributed by atoms with Crippen LogP contribution in [0.25, 0.3) is 0 Å². The van der Waals surface area contributed by atoms with Gasteiger partial charge in [-0.3, -0.25) is 4.79 Å². The molecule has 1 aromatic rings. The molecule has 5 heteroatoms. The van der Waals surface area contributed by atoms with E-state index >= 15 is 0 Å². The Labute approximate surface area is 143 Å². The zero-order valence-corrected chi connectivity index (χ0v) is 14.4. The van der Waals surface area contributed by atoms with Crippen LogP contribution in [0.4, 0.5) is 0 Å². The number of likely N-dealkylation sites (tertiary alicyclic amines) is 1. The number of carbonyl (C=O) groups excluding carboxylic acids is 1. The largest absolute Gasteiger partial charge is 0.493 e. The van der Waals surface area contributed by atoms with Crippen LogP contribution < -0.4 is 15.4 Å². The fourth-order valence-electron chi connectivity index (χ4n) is 4.24. The number of para-hydroxylation sites is 1. The highest BCUT2D eigenvalue weighted by molar-refractivity contribution is 5.84. The van der Waals surface area contributed by atoms with Gasteiger partial charge in [0.25, 0.3) is 0 Å². The second-order valence-electron chi connectivity index (χ2n) is 7.97. The summed E-state index contributed by atoms with van der Waals surface area (Å²) >= 11 is 0. The highest BCUT2D eigenvalue weighted by Gasteiger charge is 2.54. The number of nitrogens with one attached hydrogen (secondary N) is 2. The summed E-state index contributed by atoms with van der Waals surface area (Å²) in [5.74, 6) is 1.58. The summed E-state index contributed by atoms with van der Waals surface area (Å²) in [5, 5.41) is 6.67. The monoisotopic (exact) mass is 329 g/mol. The van der Waals surface area contributed by atoms with Gasteiger partial charge in [-0.05, 0) is 32.0 Å². The molecule has 2 N–H and O–H groups in total. The summed E-state index contributed by atoms with van der Waals surface area (Å²) < 4.78 is 5.92. The van der Waals surface area contributed by atoms with Gasteiger partial charge in [0.15, 0.2) is 0 Å². The first-order valence-electron chi connectivity index (χ1n) is 8.97. The Bertz CT molecular complexity index is 602. The molecule has 0 spiro atoms. The molecule has 1 aromatic carbocycles. The molecule has 3 fully saturated rings. The Kier molecular flexibility index (Phi) is 4.01. The zero-order valence-electron chi connectivity index (χ0n) is 14.4. The zero-order chi connectivity index (χ0) is 16.6. The van der Waals surface area contributed by atoms with E-state index in [0.717, 1.165) is 51.3 Å². The summed E-state index contributed by atoms with van der Waals surface area (Å²) in [7, 11) is 2.11. The van der Waals surface area contributed by atoms with E-state index in [-0.39, 0.29) is 16.7 Å². The number of hydrogen-bond acceptors (Lipinski definition) is 4. The Hall–Kier alpha value is -1.59. The molecular formula is C19H27N3O2. The topological polar surface area (TPSA) is 53.6 Å². The predicted octanol–water partition coefficient (Wildman–Crippen LogP) is 1.11. The smallest absolute Gasteiger partial charge is 0.229 e. The van der Waals surface area contributed by atoms with Gasteiger partial charge in [0, 0.05) is 44.1 Å². The standard InChI is InChI=1S/C19H27N3O2/c1-22-10-15-9-20-12-19(15,13-22)17(23)21-11-18(7-8-18)14-24-16-5-3-2-4-6-16/h2-6,15,20H,7-14H2,1H3,(H,21,23)/t15-,19-/m0/s1. The summed E-state index contributed by atoms with van der Waals surface area (Å²) in [5.41, 5.74) is -0.0979. The first-order chi connectivity index (χ1) is 11.6.